The van der Waals surface area contributed by atoms with E-state index in [4.69, 9.17) is 10.2 Å². The highest BCUT2D eigenvalue weighted by Crippen LogP contribution is 2.25. The molecule has 2 heterocycles. The molecule has 3 rings (SSSR count). The fourth-order valence-corrected chi connectivity index (χ4v) is 2.74. The Hall–Kier alpha value is -3.49. The summed E-state index contributed by atoms with van der Waals surface area (Å²) >= 11 is 0. The van der Waals surface area contributed by atoms with Crippen LogP contribution < -0.4 is 16.6 Å². The number of amides is 1. The second-order valence-corrected chi connectivity index (χ2v) is 6.36. The molecule has 2 aromatic heterocycles. The van der Waals surface area contributed by atoms with E-state index in [2.05, 4.69) is 10.4 Å². The number of nitrogens with two attached hydrogens (primary N) is 1. The molecule has 0 radical (unpaired) electrons. The van der Waals surface area contributed by atoms with Gasteiger partial charge in [-0.1, -0.05) is 0 Å². The first-order valence-corrected chi connectivity index (χ1v) is 8.40. The van der Waals surface area contributed by atoms with Gasteiger partial charge in [0.15, 0.2) is 11.6 Å². The molecule has 0 aliphatic rings. The maximum Gasteiger partial charge on any atom is 0.290 e. The molecule has 0 spiro atoms. The lowest BCUT2D eigenvalue weighted by atomic mass is 10.1. The first-order chi connectivity index (χ1) is 13.2. The monoisotopic (exact) mass is 388 g/mol. The van der Waals surface area contributed by atoms with E-state index in [1.807, 2.05) is 0 Å². The maximum absolute atomic E-state index is 13.3. The van der Waals surface area contributed by atoms with Crippen LogP contribution >= 0.6 is 0 Å². The van der Waals surface area contributed by atoms with Crippen molar-refractivity contribution in [2.45, 2.75) is 26.8 Å². The number of rotatable bonds is 4. The minimum Gasteiger partial charge on any atom is -0.466 e. The third kappa shape index (κ3) is 3.64. The van der Waals surface area contributed by atoms with Crippen molar-refractivity contribution in [3.8, 4) is 11.3 Å². The van der Waals surface area contributed by atoms with Crippen LogP contribution in [0.2, 0.25) is 0 Å². The molecule has 7 nitrogen and oxygen atoms in total. The van der Waals surface area contributed by atoms with Crippen LogP contribution in [0.1, 0.15) is 24.5 Å². The molecule has 1 amide bonds. The summed E-state index contributed by atoms with van der Waals surface area (Å²) in [6.07, 6.45) is 0. The molecule has 3 aromatic rings. The Bertz CT molecular complexity index is 1120. The number of nitrogen functional groups attached to an aromatic ring is 1. The largest absolute Gasteiger partial charge is 0.466 e. The number of aryl methyl sites for hydroxylation is 2. The van der Waals surface area contributed by atoms with Gasteiger partial charge in [0.25, 0.3) is 5.56 Å². The molecule has 0 aliphatic carbocycles. The number of furan rings is 1. The number of anilines is 2. The first-order valence-electron chi connectivity index (χ1n) is 8.40. The second kappa shape index (κ2) is 7.26. The van der Waals surface area contributed by atoms with Crippen LogP contribution in [0, 0.1) is 25.5 Å². The Balaban J connectivity index is 1.95. The van der Waals surface area contributed by atoms with E-state index in [0.717, 1.165) is 16.8 Å². The molecule has 0 saturated heterocycles. The van der Waals surface area contributed by atoms with Gasteiger partial charge in [0.05, 0.1) is 5.69 Å². The molecule has 9 heteroatoms. The Kier molecular flexibility index (Phi) is 5.00. The molecule has 28 heavy (non-hydrogen) atoms. The molecule has 0 fully saturated rings. The Morgan fingerprint density at radius 3 is 2.54 bits per heavy atom. The van der Waals surface area contributed by atoms with Crippen molar-refractivity contribution in [1.29, 1.82) is 0 Å². The van der Waals surface area contributed by atoms with Gasteiger partial charge in [0, 0.05) is 17.3 Å². The van der Waals surface area contributed by atoms with Crippen molar-refractivity contribution in [3.63, 3.8) is 0 Å². The number of nitrogens with one attached hydrogen (secondary N) is 1. The van der Waals surface area contributed by atoms with Crippen molar-refractivity contribution < 1.29 is 18.0 Å². The molecule has 1 atom stereocenters. The predicted molar refractivity (Wildman–Crippen MR) is 99.8 cm³/mol. The van der Waals surface area contributed by atoms with Crippen LogP contribution in [0.25, 0.3) is 11.3 Å². The number of nitrogens with zero attached hydrogens (tertiary/aromatic N) is 2. The summed E-state index contributed by atoms with van der Waals surface area (Å²) < 4.78 is 32.8. The van der Waals surface area contributed by atoms with Crippen LogP contribution in [0.4, 0.5) is 20.2 Å². The minimum absolute atomic E-state index is 0.0502. The van der Waals surface area contributed by atoms with Gasteiger partial charge in [-0.15, -0.1) is 0 Å². The van der Waals surface area contributed by atoms with Gasteiger partial charge in [0.2, 0.25) is 5.91 Å². The van der Waals surface area contributed by atoms with Gasteiger partial charge in [-0.3, -0.25) is 9.59 Å². The van der Waals surface area contributed by atoms with E-state index >= 15 is 0 Å². The third-order valence-corrected chi connectivity index (χ3v) is 4.21. The smallest absolute Gasteiger partial charge is 0.290 e. The van der Waals surface area contributed by atoms with E-state index in [9.17, 15) is 18.4 Å². The van der Waals surface area contributed by atoms with Crippen LogP contribution in [-0.4, -0.2) is 15.7 Å². The quantitative estimate of drug-likeness (QED) is 0.715. The summed E-state index contributed by atoms with van der Waals surface area (Å²) in [6.45, 7) is 4.96. The van der Waals surface area contributed by atoms with E-state index in [1.165, 1.54) is 19.1 Å². The molecule has 3 N–H and O–H groups in total. The fourth-order valence-electron chi connectivity index (χ4n) is 2.74. The number of benzene rings is 1. The summed E-state index contributed by atoms with van der Waals surface area (Å²) in [5.74, 6) is -1.52. The lowest BCUT2D eigenvalue weighted by molar-refractivity contribution is -0.119. The Morgan fingerprint density at radius 1 is 1.21 bits per heavy atom. The number of hydrogen-bond acceptors (Lipinski definition) is 5. The zero-order chi connectivity index (χ0) is 20.6. The van der Waals surface area contributed by atoms with E-state index in [-0.39, 0.29) is 11.4 Å². The van der Waals surface area contributed by atoms with Crippen molar-refractivity contribution in [2.75, 3.05) is 11.1 Å². The van der Waals surface area contributed by atoms with Gasteiger partial charge in [-0.25, -0.2) is 13.5 Å². The lowest BCUT2D eigenvalue weighted by Gasteiger charge is -2.16. The molecule has 0 aliphatic heterocycles. The highest BCUT2D eigenvalue weighted by atomic mass is 19.2. The summed E-state index contributed by atoms with van der Waals surface area (Å²) in [7, 11) is 0. The average molecular weight is 388 g/mol. The van der Waals surface area contributed by atoms with Crippen molar-refractivity contribution in [3.05, 3.63) is 63.8 Å². The van der Waals surface area contributed by atoms with Crippen LogP contribution in [0.3, 0.4) is 0 Å². The summed E-state index contributed by atoms with van der Waals surface area (Å²) in [4.78, 5) is 24.9. The zero-order valence-electron chi connectivity index (χ0n) is 15.4. The maximum atomic E-state index is 13.3. The molecule has 146 valence electrons. The molecule has 0 bridgehead atoms. The number of halogens is 2. The van der Waals surface area contributed by atoms with Crippen molar-refractivity contribution in [1.82, 2.24) is 9.78 Å². The topological polar surface area (TPSA) is 103 Å². The Morgan fingerprint density at radius 2 is 1.93 bits per heavy atom. The molecule has 1 aromatic carbocycles. The summed E-state index contributed by atoms with van der Waals surface area (Å²) in [6, 6.07) is 5.05. The van der Waals surface area contributed by atoms with Gasteiger partial charge < -0.3 is 15.5 Å². The molecular weight excluding hydrogens is 370 g/mol. The van der Waals surface area contributed by atoms with E-state index in [1.54, 1.807) is 19.9 Å². The SMILES string of the molecule is Cc1cc(-c2cc(N)c(=O)n(C(C)C(=O)Nc3ccc(F)c(F)c3)n2)c(C)o1. The van der Waals surface area contributed by atoms with Gasteiger partial charge in [-0.2, -0.15) is 5.10 Å². The van der Waals surface area contributed by atoms with Crippen LogP contribution in [0.5, 0.6) is 0 Å². The normalized spacial score (nSPS) is 12.0. The van der Waals surface area contributed by atoms with Gasteiger partial charge in [0.1, 0.15) is 23.2 Å². The van der Waals surface area contributed by atoms with Gasteiger partial charge in [-0.05, 0) is 45.0 Å². The van der Waals surface area contributed by atoms with E-state index in [0.29, 0.717) is 22.8 Å². The zero-order valence-corrected chi connectivity index (χ0v) is 15.4. The third-order valence-electron chi connectivity index (χ3n) is 4.21. The van der Waals surface area contributed by atoms with Crippen LogP contribution in [-0.2, 0) is 4.79 Å². The highest BCUT2D eigenvalue weighted by molar-refractivity contribution is 5.93. The minimum atomic E-state index is -1.10. The number of aromatic nitrogens is 2. The number of carbonyl (C=O) groups is 1. The van der Waals surface area contributed by atoms with Crippen LogP contribution in [0.15, 0.2) is 39.5 Å². The van der Waals surface area contributed by atoms with Gasteiger partial charge >= 0.3 is 0 Å². The second-order valence-electron chi connectivity index (χ2n) is 6.36. The van der Waals surface area contributed by atoms with Crippen molar-refractivity contribution in [2.24, 2.45) is 0 Å². The highest BCUT2D eigenvalue weighted by Gasteiger charge is 2.21. The first kappa shape index (κ1) is 19.3. The lowest BCUT2D eigenvalue weighted by Crippen LogP contribution is -2.34. The van der Waals surface area contributed by atoms with E-state index < -0.39 is 29.1 Å². The fraction of sp³-hybridized carbons (Fsp3) is 0.211. The summed E-state index contributed by atoms with van der Waals surface area (Å²) in [5, 5.41) is 6.67. The molecular formula is C19H18F2N4O3. The predicted octanol–water partition coefficient (Wildman–Crippen LogP) is 3.18. The molecule has 1 unspecified atom stereocenters. The summed E-state index contributed by atoms with van der Waals surface area (Å²) in [5.41, 5.74) is 6.15. The number of hydrogen-bond donors (Lipinski definition) is 2. The molecule has 0 saturated carbocycles. The van der Waals surface area contributed by atoms with Crippen molar-refractivity contribution >= 4 is 17.3 Å². The number of carbonyl (C=O) groups excluding carboxylic acids is 1. The average Bonchev–Trinajstić information content (AvgIpc) is 2.98. The Labute approximate surface area is 158 Å². The standard InChI is InChI=1S/C19H18F2N4O3/c1-9-6-13(11(3)28-9)17-8-16(22)19(27)25(24-17)10(2)18(26)23-12-4-5-14(20)15(21)7-12/h4-8,10H,22H2,1-3H3,(H,23,26).